The number of ketones is 1. The second-order valence-corrected chi connectivity index (χ2v) is 7.13. The van der Waals surface area contributed by atoms with Crippen LogP contribution in [0.15, 0.2) is 42.5 Å². The molecule has 5 nitrogen and oxygen atoms in total. The molecule has 0 amide bonds. The molecule has 1 fully saturated rings. The second-order valence-electron chi connectivity index (χ2n) is 7.13. The summed E-state index contributed by atoms with van der Waals surface area (Å²) in [7, 11) is 0. The Labute approximate surface area is 156 Å². The van der Waals surface area contributed by atoms with E-state index in [-0.39, 0.29) is 18.8 Å². The van der Waals surface area contributed by atoms with Crippen LogP contribution in [0, 0.1) is 5.82 Å². The Bertz CT molecular complexity index is 884. The third-order valence-electron chi connectivity index (χ3n) is 5.18. The standard InChI is InChI=1S/C21H20FNO4/c22-16-5-6-20-18(10-16)19(25)11-21(27-20)7-2-8-23(13-21)17-4-1-3-15(9-17)12-26-14-24/h1,3-6,9-10,14H,2,7-8,11-13H2. The van der Waals surface area contributed by atoms with E-state index < -0.39 is 11.4 Å². The monoisotopic (exact) mass is 369 g/mol. The van der Waals surface area contributed by atoms with E-state index in [4.69, 9.17) is 9.47 Å². The summed E-state index contributed by atoms with van der Waals surface area (Å²) < 4.78 is 24.5. The van der Waals surface area contributed by atoms with Gasteiger partial charge in [-0.3, -0.25) is 9.59 Å². The van der Waals surface area contributed by atoms with Crippen LogP contribution in [-0.2, 0) is 16.1 Å². The van der Waals surface area contributed by atoms with Gasteiger partial charge in [-0.15, -0.1) is 0 Å². The lowest BCUT2D eigenvalue weighted by atomic mass is 9.83. The molecule has 1 spiro atoms. The van der Waals surface area contributed by atoms with Crippen molar-refractivity contribution in [3.05, 3.63) is 59.4 Å². The number of benzene rings is 2. The summed E-state index contributed by atoms with van der Waals surface area (Å²) >= 11 is 0. The zero-order valence-corrected chi connectivity index (χ0v) is 14.8. The van der Waals surface area contributed by atoms with Gasteiger partial charge in [0, 0.05) is 12.2 Å². The second kappa shape index (κ2) is 7.02. The maximum absolute atomic E-state index is 13.5. The van der Waals surface area contributed by atoms with Crippen molar-refractivity contribution in [1.82, 2.24) is 0 Å². The molecule has 1 unspecified atom stereocenters. The van der Waals surface area contributed by atoms with Crippen molar-refractivity contribution in [3.63, 3.8) is 0 Å². The molecule has 2 aromatic rings. The van der Waals surface area contributed by atoms with Gasteiger partial charge in [0.25, 0.3) is 6.47 Å². The van der Waals surface area contributed by atoms with Crippen molar-refractivity contribution in [3.8, 4) is 5.75 Å². The van der Waals surface area contributed by atoms with Gasteiger partial charge in [0.2, 0.25) is 0 Å². The molecular formula is C21H20FNO4. The molecule has 1 saturated heterocycles. The molecule has 1 atom stereocenters. The van der Waals surface area contributed by atoms with Crippen LogP contribution in [0.2, 0.25) is 0 Å². The molecule has 0 N–H and O–H groups in total. The SMILES string of the molecule is O=COCc1cccc(N2CCCC3(CC(=O)c4cc(F)ccc4O3)C2)c1. The highest BCUT2D eigenvalue weighted by atomic mass is 19.1. The summed E-state index contributed by atoms with van der Waals surface area (Å²) in [5.74, 6) is -0.0466. The summed E-state index contributed by atoms with van der Waals surface area (Å²) in [6.07, 6.45) is 1.91. The number of hydrogen-bond acceptors (Lipinski definition) is 5. The lowest BCUT2D eigenvalue weighted by molar-refractivity contribution is -0.129. The van der Waals surface area contributed by atoms with E-state index >= 15 is 0 Å². The molecular weight excluding hydrogens is 349 g/mol. The lowest BCUT2D eigenvalue weighted by Gasteiger charge is -2.45. The summed E-state index contributed by atoms with van der Waals surface area (Å²) in [6.45, 7) is 2.09. The van der Waals surface area contributed by atoms with Crippen LogP contribution in [0.4, 0.5) is 10.1 Å². The van der Waals surface area contributed by atoms with Gasteiger partial charge in [0.1, 0.15) is 23.8 Å². The number of halogens is 1. The van der Waals surface area contributed by atoms with Crippen LogP contribution >= 0.6 is 0 Å². The number of piperidine rings is 1. The summed E-state index contributed by atoms with van der Waals surface area (Å²) in [6, 6.07) is 11.9. The van der Waals surface area contributed by atoms with E-state index in [1.807, 2.05) is 24.3 Å². The fourth-order valence-electron chi connectivity index (χ4n) is 3.99. The normalized spacial score (nSPS) is 21.5. The Kier molecular flexibility index (Phi) is 4.56. The molecule has 2 aromatic carbocycles. The Hall–Kier alpha value is -2.89. The highest BCUT2D eigenvalue weighted by molar-refractivity contribution is 6.00. The Balaban J connectivity index is 1.57. The molecule has 0 radical (unpaired) electrons. The van der Waals surface area contributed by atoms with Crippen LogP contribution in [-0.4, -0.2) is 30.9 Å². The molecule has 0 aliphatic carbocycles. The van der Waals surface area contributed by atoms with Gasteiger partial charge in [-0.05, 0) is 48.7 Å². The Morgan fingerprint density at radius 2 is 2.15 bits per heavy atom. The van der Waals surface area contributed by atoms with Gasteiger partial charge in [0.05, 0.1) is 18.5 Å². The molecule has 27 heavy (non-hydrogen) atoms. The molecule has 0 saturated carbocycles. The minimum absolute atomic E-state index is 0.0780. The number of hydrogen-bond donors (Lipinski definition) is 0. The zero-order valence-electron chi connectivity index (χ0n) is 14.8. The fraction of sp³-hybridized carbons (Fsp3) is 0.333. The third kappa shape index (κ3) is 3.52. The predicted molar refractivity (Wildman–Crippen MR) is 97.4 cm³/mol. The van der Waals surface area contributed by atoms with E-state index in [2.05, 4.69) is 4.90 Å². The van der Waals surface area contributed by atoms with Gasteiger partial charge in [-0.2, -0.15) is 0 Å². The maximum atomic E-state index is 13.5. The zero-order chi connectivity index (χ0) is 18.9. The lowest BCUT2D eigenvalue weighted by Crippen LogP contribution is -2.54. The third-order valence-corrected chi connectivity index (χ3v) is 5.18. The largest absolute Gasteiger partial charge is 0.484 e. The topological polar surface area (TPSA) is 55.8 Å². The van der Waals surface area contributed by atoms with E-state index in [1.165, 1.54) is 12.1 Å². The Morgan fingerprint density at radius 3 is 3.00 bits per heavy atom. The molecule has 0 bridgehead atoms. The Morgan fingerprint density at radius 1 is 1.26 bits per heavy atom. The number of nitrogens with zero attached hydrogens (tertiary/aromatic N) is 1. The van der Waals surface area contributed by atoms with Crippen molar-refractivity contribution in [2.24, 2.45) is 0 Å². The van der Waals surface area contributed by atoms with Crippen molar-refractivity contribution < 1.29 is 23.5 Å². The average molecular weight is 369 g/mol. The minimum Gasteiger partial charge on any atom is -0.484 e. The van der Waals surface area contributed by atoms with Crippen LogP contribution in [0.5, 0.6) is 5.75 Å². The first-order chi connectivity index (χ1) is 13.1. The summed E-state index contributed by atoms with van der Waals surface area (Å²) in [5.41, 5.74) is 1.63. The summed E-state index contributed by atoms with van der Waals surface area (Å²) in [5, 5.41) is 0. The van der Waals surface area contributed by atoms with Crippen molar-refractivity contribution in [2.45, 2.75) is 31.5 Å². The molecule has 2 heterocycles. The molecule has 0 aromatic heterocycles. The van der Waals surface area contributed by atoms with Gasteiger partial charge < -0.3 is 14.4 Å². The van der Waals surface area contributed by atoms with Crippen LogP contribution < -0.4 is 9.64 Å². The number of rotatable bonds is 4. The fourth-order valence-corrected chi connectivity index (χ4v) is 3.99. The molecule has 2 aliphatic heterocycles. The number of carbonyl (C=O) groups excluding carboxylic acids is 2. The highest BCUT2D eigenvalue weighted by Crippen LogP contribution is 2.39. The van der Waals surface area contributed by atoms with Gasteiger partial charge >= 0.3 is 0 Å². The van der Waals surface area contributed by atoms with Gasteiger partial charge in [-0.25, -0.2) is 4.39 Å². The average Bonchev–Trinajstić information content (AvgIpc) is 2.67. The highest BCUT2D eigenvalue weighted by Gasteiger charge is 2.43. The molecule has 2 aliphatic rings. The van der Waals surface area contributed by atoms with E-state index in [1.54, 1.807) is 6.07 Å². The van der Waals surface area contributed by atoms with Crippen molar-refractivity contribution in [1.29, 1.82) is 0 Å². The number of carbonyl (C=O) groups is 2. The van der Waals surface area contributed by atoms with Gasteiger partial charge in [0.15, 0.2) is 5.78 Å². The van der Waals surface area contributed by atoms with Crippen molar-refractivity contribution in [2.75, 3.05) is 18.0 Å². The van der Waals surface area contributed by atoms with Crippen LogP contribution in [0.1, 0.15) is 35.2 Å². The van der Waals surface area contributed by atoms with E-state index in [0.717, 1.165) is 30.6 Å². The van der Waals surface area contributed by atoms with E-state index in [0.29, 0.717) is 24.3 Å². The number of ether oxygens (including phenoxy) is 2. The van der Waals surface area contributed by atoms with Crippen LogP contribution in [0.25, 0.3) is 0 Å². The van der Waals surface area contributed by atoms with Crippen molar-refractivity contribution >= 4 is 17.9 Å². The van der Waals surface area contributed by atoms with Gasteiger partial charge in [-0.1, -0.05) is 12.1 Å². The number of anilines is 1. The number of fused-ring (bicyclic) bond motifs is 1. The molecule has 4 rings (SSSR count). The predicted octanol–water partition coefficient (Wildman–Crippen LogP) is 3.50. The first-order valence-corrected chi connectivity index (χ1v) is 8.99. The van der Waals surface area contributed by atoms with Crippen LogP contribution in [0.3, 0.4) is 0 Å². The smallest absolute Gasteiger partial charge is 0.293 e. The molecule has 6 heteroatoms. The first kappa shape index (κ1) is 17.5. The maximum Gasteiger partial charge on any atom is 0.293 e. The number of Topliss-reactive ketones (excluding diaryl/α,β-unsaturated/α-hetero) is 1. The summed E-state index contributed by atoms with van der Waals surface area (Å²) in [4.78, 5) is 25.2. The minimum atomic E-state index is -0.602. The van der Waals surface area contributed by atoms with E-state index in [9.17, 15) is 14.0 Å². The molecule has 140 valence electrons. The first-order valence-electron chi connectivity index (χ1n) is 8.99. The quantitative estimate of drug-likeness (QED) is 0.772.